The van der Waals surface area contributed by atoms with E-state index in [0.717, 1.165) is 0 Å². The average Bonchev–Trinajstić information content (AvgIpc) is 2.05. The van der Waals surface area contributed by atoms with Crippen molar-refractivity contribution in [2.45, 2.75) is 6.42 Å². The molecule has 0 aliphatic rings. The number of halogens is 1. The molecule has 0 fully saturated rings. The first kappa shape index (κ1) is 13.1. The standard InChI is InChI=1S/C7H13INO4/c8-2-1-7(11)13-6-4-9(12)3-5-10/h10H,1-6H2. The first-order valence-electron chi connectivity index (χ1n) is 3.95. The molecule has 13 heavy (non-hydrogen) atoms. The molecule has 1 radical (unpaired) electrons. The summed E-state index contributed by atoms with van der Waals surface area (Å²) in [6, 6.07) is 0. The van der Waals surface area contributed by atoms with Crippen molar-refractivity contribution in [3.63, 3.8) is 0 Å². The van der Waals surface area contributed by atoms with E-state index in [4.69, 9.17) is 9.84 Å². The predicted molar refractivity (Wildman–Crippen MR) is 53.8 cm³/mol. The number of esters is 1. The maximum Gasteiger partial charge on any atom is 0.306 e. The lowest BCUT2D eigenvalue weighted by Crippen LogP contribution is -2.26. The number of carbonyl (C=O) groups excluding carboxylic acids is 1. The second-order valence-electron chi connectivity index (χ2n) is 2.31. The Balaban J connectivity index is 3.28. The number of aliphatic hydroxyl groups excluding tert-OH is 1. The Morgan fingerprint density at radius 1 is 1.46 bits per heavy atom. The molecule has 0 heterocycles. The Bertz CT molecular complexity index is 144. The summed E-state index contributed by atoms with van der Waals surface area (Å²) in [7, 11) is 0. The third kappa shape index (κ3) is 8.41. The lowest BCUT2D eigenvalue weighted by atomic mass is 10.5. The van der Waals surface area contributed by atoms with Gasteiger partial charge in [0.1, 0.15) is 6.61 Å². The molecule has 0 amide bonds. The molecule has 6 heteroatoms. The van der Waals surface area contributed by atoms with E-state index >= 15 is 0 Å². The highest BCUT2D eigenvalue weighted by Gasteiger charge is 2.04. The zero-order chi connectivity index (χ0) is 10.1. The fourth-order valence-electron chi connectivity index (χ4n) is 0.634. The number of aliphatic hydroxyl groups is 1. The van der Waals surface area contributed by atoms with Gasteiger partial charge in [-0.3, -0.25) is 4.79 Å². The normalized spacial score (nSPS) is 10.5. The lowest BCUT2D eigenvalue weighted by Gasteiger charge is -2.09. The monoisotopic (exact) mass is 302 g/mol. The molecule has 0 saturated carbocycles. The molecular weight excluding hydrogens is 289 g/mol. The fourth-order valence-corrected chi connectivity index (χ4v) is 1.07. The third-order valence-electron chi connectivity index (χ3n) is 1.25. The summed E-state index contributed by atoms with van der Waals surface area (Å²) in [4.78, 5) is 10.8. The van der Waals surface area contributed by atoms with E-state index < -0.39 is 0 Å². The molecule has 0 unspecified atom stereocenters. The molecule has 0 aromatic heterocycles. The number of rotatable bonds is 7. The number of hydrogen-bond donors (Lipinski definition) is 1. The minimum Gasteiger partial charge on any atom is -0.464 e. The zero-order valence-corrected chi connectivity index (χ0v) is 9.40. The van der Waals surface area contributed by atoms with E-state index in [2.05, 4.69) is 22.6 Å². The van der Waals surface area contributed by atoms with E-state index in [1.54, 1.807) is 0 Å². The first-order valence-corrected chi connectivity index (χ1v) is 5.47. The zero-order valence-electron chi connectivity index (χ0n) is 7.24. The van der Waals surface area contributed by atoms with Crippen LogP contribution in [0.1, 0.15) is 6.42 Å². The number of alkyl halides is 1. The van der Waals surface area contributed by atoms with Crippen LogP contribution in [0.3, 0.4) is 0 Å². The molecule has 0 aromatic rings. The highest BCUT2D eigenvalue weighted by molar-refractivity contribution is 14.1. The van der Waals surface area contributed by atoms with Gasteiger partial charge in [0, 0.05) is 4.43 Å². The van der Waals surface area contributed by atoms with Crippen LogP contribution in [0.25, 0.3) is 0 Å². The minimum absolute atomic E-state index is 0.0594. The molecule has 0 atom stereocenters. The molecule has 0 aliphatic heterocycles. The van der Waals surface area contributed by atoms with Crippen LogP contribution in [0.2, 0.25) is 0 Å². The molecule has 77 valence electrons. The molecule has 0 spiro atoms. The van der Waals surface area contributed by atoms with Crippen LogP contribution in [-0.2, 0) is 14.7 Å². The van der Waals surface area contributed by atoms with E-state index in [0.29, 0.717) is 15.9 Å². The van der Waals surface area contributed by atoms with Gasteiger partial charge in [-0.2, -0.15) is 0 Å². The summed E-state index contributed by atoms with van der Waals surface area (Å²) in [5.41, 5.74) is 0. The summed E-state index contributed by atoms with van der Waals surface area (Å²) >= 11 is 2.08. The second kappa shape index (κ2) is 8.67. The maximum atomic E-state index is 10.8. The van der Waals surface area contributed by atoms with E-state index in [1.165, 1.54) is 0 Å². The van der Waals surface area contributed by atoms with Gasteiger partial charge in [0.05, 0.1) is 26.1 Å². The molecule has 5 nitrogen and oxygen atoms in total. The highest BCUT2D eigenvalue weighted by atomic mass is 127. The molecule has 0 rings (SSSR count). The summed E-state index contributed by atoms with van der Waals surface area (Å²) in [6.07, 6.45) is 0.374. The van der Waals surface area contributed by atoms with Crippen LogP contribution in [0.4, 0.5) is 0 Å². The van der Waals surface area contributed by atoms with Gasteiger partial charge < -0.3 is 9.84 Å². The van der Waals surface area contributed by atoms with Crippen LogP contribution in [0.5, 0.6) is 0 Å². The maximum absolute atomic E-state index is 10.8. The Hall–Kier alpha value is 0.0800. The molecule has 0 aliphatic carbocycles. The summed E-state index contributed by atoms with van der Waals surface area (Å²) < 4.78 is 5.45. The van der Waals surface area contributed by atoms with Crippen molar-refractivity contribution >= 4 is 28.6 Å². The van der Waals surface area contributed by atoms with Crippen LogP contribution in [0, 0.1) is 0 Å². The quantitative estimate of drug-likeness (QED) is 0.311. The van der Waals surface area contributed by atoms with Crippen molar-refractivity contribution < 1.29 is 19.8 Å². The molecular formula is C7H13INO4. The topological polar surface area (TPSA) is 69.7 Å². The third-order valence-corrected chi connectivity index (χ3v) is 1.79. The molecule has 0 saturated heterocycles. The van der Waals surface area contributed by atoms with Crippen molar-refractivity contribution in [1.82, 2.24) is 5.06 Å². The molecule has 0 bridgehead atoms. The molecule has 1 N–H and O–H groups in total. The van der Waals surface area contributed by atoms with E-state index in [-0.39, 0.29) is 32.3 Å². The average molecular weight is 302 g/mol. The van der Waals surface area contributed by atoms with Gasteiger partial charge in [0.25, 0.3) is 0 Å². The Kier molecular flexibility index (Phi) is 8.72. The van der Waals surface area contributed by atoms with Crippen LogP contribution in [0.15, 0.2) is 0 Å². The largest absolute Gasteiger partial charge is 0.464 e. The first-order chi connectivity index (χ1) is 6.20. The van der Waals surface area contributed by atoms with Crippen molar-refractivity contribution in [3.05, 3.63) is 0 Å². The van der Waals surface area contributed by atoms with Gasteiger partial charge >= 0.3 is 5.97 Å². The van der Waals surface area contributed by atoms with Crippen LogP contribution < -0.4 is 0 Å². The SMILES string of the molecule is [O]N(CCO)CCOC(=O)CCI. The van der Waals surface area contributed by atoms with E-state index in [9.17, 15) is 10.0 Å². The van der Waals surface area contributed by atoms with Gasteiger partial charge in [0.2, 0.25) is 0 Å². The Morgan fingerprint density at radius 3 is 2.69 bits per heavy atom. The number of ether oxygens (including phenoxy) is 1. The van der Waals surface area contributed by atoms with Crippen molar-refractivity contribution in [1.29, 1.82) is 0 Å². The van der Waals surface area contributed by atoms with Crippen molar-refractivity contribution in [3.8, 4) is 0 Å². The smallest absolute Gasteiger partial charge is 0.306 e. The van der Waals surface area contributed by atoms with Gasteiger partial charge in [0.15, 0.2) is 0 Å². The Labute approximate surface area is 90.8 Å². The molecule has 0 aromatic carbocycles. The van der Waals surface area contributed by atoms with Crippen molar-refractivity contribution in [2.24, 2.45) is 0 Å². The van der Waals surface area contributed by atoms with Gasteiger partial charge in [-0.1, -0.05) is 22.6 Å². The summed E-state index contributed by atoms with van der Waals surface area (Å²) in [5, 5.41) is 19.8. The minimum atomic E-state index is -0.285. The number of carbonyl (C=O) groups is 1. The number of hydrogen-bond acceptors (Lipinski definition) is 4. The summed E-state index contributed by atoms with van der Waals surface area (Å²) in [5.74, 6) is -0.285. The number of hydroxylamine groups is 2. The van der Waals surface area contributed by atoms with E-state index in [1.807, 2.05) is 0 Å². The summed E-state index contributed by atoms with van der Waals surface area (Å²) in [6.45, 7) is 0.0988. The fraction of sp³-hybridized carbons (Fsp3) is 0.857. The van der Waals surface area contributed by atoms with Gasteiger partial charge in [-0.05, 0) is 0 Å². The van der Waals surface area contributed by atoms with Crippen LogP contribution >= 0.6 is 22.6 Å². The Morgan fingerprint density at radius 2 is 2.15 bits per heavy atom. The lowest BCUT2D eigenvalue weighted by molar-refractivity contribution is -0.173. The highest BCUT2D eigenvalue weighted by Crippen LogP contribution is 1.92. The van der Waals surface area contributed by atoms with Gasteiger partial charge in [-0.15, -0.1) is 10.3 Å². The predicted octanol–water partition coefficient (Wildman–Crippen LogP) is -0.00550. The second-order valence-corrected chi connectivity index (χ2v) is 3.39. The van der Waals surface area contributed by atoms with Crippen LogP contribution in [-0.4, -0.2) is 46.9 Å². The van der Waals surface area contributed by atoms with Crippen molar-refractivity contribution in [2.75, 3.05) is 30.7 Å². The number of nitrogens with zero attached hydrogens (tertiary/aromatic N) is 1. The van der Waals surface area contributed by atoms with Gasteiger partial charge in [-0.25, -0.2) is 0 Å².